The van der Waals surface area contributed by atoms with Crippen molar-refractivity contribution in [3.63, 3.8) is 0 Å². The van der Waals surface area contributed by atoms with Crippen molar-refractivity contribution in [3.05, 3.63) is 77.5 Å². The van der Waals surface area contributed by atoms with Crippen molar-refractivity contribution >= 4 is 11.6 Å². The van der Waals surface area contributed by atoms with Gasteiger partial charge < -0.3 is 19.9 Å². The van der Waals surface area contributed by atoms with Gasteiger partial charge in [-0.1, -0.05) is 12.1 Å². The largest absolute Gasteiger partial charge is 0.493 e. The van der Waals surface area contributed by atoms with Crippen molar-refractivity contribution in [1.82, 2.24) is 15.2 Å². The van der Waals surface area contributed by atoms with Gasteiger partial charge in [-0.15, -0.1) is 0 Å². The molecule has 1 aromatic heterocycles. The van der Waals surface area contributed by atoms with E-state index in [1.807, 2.05) is 25.9 Å². The van der Waals surface area contributed by atoms with Gasteiger partial charge in [0.05, 0.1) is 23.3 Å². The summed E-state index contributed by atoms with van der Waals surface area (Å²) >= 11 is 0. The summed E-state index contributed by atoms with van der Waals surface area (Å²) in [5.41, 5.74) is -1.27. The first-order valence-electron chi connectivity index (χ1n) is 13.4. The monoisotopic (exact) mass is 576 g/mol. The van der Waals surface area contributed by atoms with Crippen LogP contribution in [0.2, 0.25) is 0 Å². The molecule has 0 radical (unpaired) electrons. The highest BCUT2D eigenvalue weighted by Gasteiger charge is 2.44. The first-order chi connectivity index (χ1) is 19.5. The number of nitrogens with one attached hydrogen (secondary N) is 1. The molecule has 3 aromatic rings. The minimum absolute atomic E-state index is 0.0202. The van der Waals surface area contributed by atoms with Gasteiger partial charge in [-0.3, -0.25) is 9.78 Å². The Hall–Kier alpha value is -3.73. The Kier molecular flexibility index (Phi) is 9.16. The Labute approximate surface area is 236 Å². The van der Waals surface area contributed by atoms with Crippen molar-refractivity contribution in [2.75, 3.05) is 51.8 Å². The summed E-state index contributed by atoms with van der Waals surface area (Å²) in [6.07, 6.45) is -2.82. The second kappa shape index (κ2) is 12.4. The van der Waals surface area contributed by atoms with E-state index in [-0.39, 0.29) is 43.2 Å². The van der Waals surface area contributed by atoms with Crippen molar-refractivity contribution < 1.29 is 31.5 Å². The van der Waals surface area contributed by atoms with Crippen molar-refractivity contribution in [2.45, 2.75) is 31.4 Å². The van der Waals surface area contributed by atoms with Gasteiger partial charge in [0.15, 0.2) is 0 Å². The predicted octanol–water partition coefficient (Wildman–Crippen LogP) is 5.66. The minimum Gasteiger partial charge on any atom is -0.493 e. The van der Waals surface area contributed by atoms with Crippen LogP contribution in [0.25, 0.3) is 11.3 Å². The fourth-order valence-corrected chi connectivity index (χ4v) is 5.12. The summed E-state index contributed by atoms with van der Waals surface area (Å²) in [7, 11) is 3.74. The lowest BCUT2D eigenvalue weighted by molar-refractivity contribution is -0.137. The van der Waals surface area contributed by atoms with Crippen molar-refractivity contribution in [1.29, 1.82) is 0 Å². The number of alkyl halides is 3. The maximum absolute atomic E-state index is 15.6. The molecule has 1 aliphatic heterocycles. The van der Waals surface area contributed by atoms with Crippen molar-refractivity contribution in [3.8, 4) is 17.0 Å². The molecule has 220 valence electrons. The molecule has 1 aliphatic rings. The third-order valence-electron chi connectivity index (χ3n) is 7.35. The third kappa shape index (κ3) is 6.61. The molecule has 1 amide bonds. The van der Waals surface area contributed by atoms with Crippen LogP contribution in [0, 0.1) is 11.6 Å². The number of carbonyl (C=O) groups is 1. The van der Waals surface area contributed by atoms with Crippen LogP contribution >= 0.6 is 0 Å². The Balaban J connectivity index is 1.65. The predicted molar refractivity (Wildman–Crippen MR) is 147 cm³/mol. The number of aromatic nitrogens is 1. The first kappa shape index (κ1) is 30.2. The highest BCUT2D eigenvalue weighted by atomic mass is 19.4. The van der Waals surface area contributed by atoms with Crippen LogP contribution in [-0.2, 0) is 16.4 Å². The van der Waals surface area contributed by atoms with E-state index < -0.39 is 28.8 Å². The van der Waals surface area contributed by atoms with Crippen LogP contribution in [0.1, 0.15) is 30.9 Å². The van der Waals surface area contributed by atoms with E-state index in [0.717, 1.165) is 12.1 Å². The molecule has 2 aromatic carbocycles. The number of piperidine rings is 1. The van der Waals surface area contributed by atoms with Gasteiger partial charge in [0.1, 0.15) is 23.1 Å². The van der Waals surface area contributed by atoms with Gasteiger partial charge in [0.2, 0.25) is 5.91 Å². The lowest BCUT2D eigenvalue weighted by Gasteiger charge is -2.42. The smallest absolute Gasteiger partial charge is 0.416 e. The maximum atomic E-state index is 15.6. The number of amides is 1. The molecule has 4 rings (SSSR count). The minimum atomic E-state index is -4.66. The number of rotatable bonds is 9. The summed E-state index contributed by atoms with van der Waals surface area (Å²) in [4.78, 5) is 21.6. The van der Waals surface area contributed by atoms with E-state index in [0.29, 0.717) is 42.6 Å². The summed E-state index contributed by atoms with van der Waals surface area (Å²) in [5.74, 6) is -1.44. The fraction of sp³-hybridized carbons (Fsp3) is 0.400. The van der Waals surface area contributed by atoms with Crippen LogP contribution in [0.15, 0.2) is 54.7 Å². The van der Waals surface area contributed by atoms with Crippen molar-refractivity contribution in [2.24, 2.45) is 0 Å². The summed E-state index contributed by atoms with van der Waals surface area (Å²) in [6, 6.07) is 10.7. The Morgan fingerprint density at radius 1 is 1.07 bits per heavy atom. The van der Waals surface area contributed by atoms with Gasteiger partial charge in [-0.25, -0.2) is 8.78 Å². The molecule has 0 saturated carbocycles. The van der Waals surface area contributed by atoms with E-state index >= 15 is 4.39 Å². The molecule has 0 unspecified atom stereocenters. The number of likely N-dealkylation sites (N-methyl/N-ethyl adjacent to an activating group) is 1. The number of ether oxygens (including phenoxy) is 1. The Morgan fingerprint density at radius 2 is 1.78 bits per heavy atom. The normalized spacial score (nSPS) is 15.2. The summed E-state index contributed by atoms with van der Waals surface area (Å²) < 4.78 is 75.1. The molecular weight excluding hydrogens is 543 g/mol. The third-order valence-corrected chi connectivity index (χ3v) is 7.35. The molecule has 0 aliphatic carbocycles. The molecule has 11 heteroatoms. The maximum Gasteiger partial charge on any atom is 0.416 e. The van der Waals surface area contributed by atoms with E-state index in [1.165, 1.54) is 12.3 Å². The second-order valence-corrected chi connectivity index (χ2v) is 10.3. The quantitative estimate of drug-likeness (QED) is 0.333. The molecule has 0 atom stereocenters. The molecule has 1 N–H and O–H groups in total. The number of hydrogen-bond donors (Lipinski definition) is 1. The molecule has 2 heterocycles. The zero-order chi connectivity index (χ0) is 29.8. The van der Waals surface area contributed by atoms with Gasteiger partial charge in [0, 0.05) is 37.9 Å². The number of nitrogens with zero attached hydrogens (tertiary/aromatic N) is 3. The average Bonchev–Trinajstić information content (AvgIpc) is 2.93. The van der Waals surface area contributed by atoms with Gasteiger partial charge in [0.25, 0.3) is 0 Å². The number of para-hydroxylation sites is 1. The van der Waals surface area contributed by atoms with E-state index in [2.05, 4.69) is 10.3 Å². The number of carbonyl (C=O) groups excluding carboxylic acids is 1. The highest BCUT2D eigenvalue weighted by molar-refractivity contribution is 5.89. The highest BCUT2D eigenvalue weighted by Crippen LogP contribution is 2.40. The van der Waals surface area contributed by atoms with E-state index in [4.69, 9.17) is 4.74 Å². The van der Waals surface area contributed by atoms with Crippen LogP contribution in [0.3, 0.4) is 0 Å². The molecule has 1 fully saturated rings. The van der Waals surface area contributed by atoms with Crippen LogP contribution in [0.4, 0.5) is 27.6 Å². The number of hydrogen-bond acceptors (Lipinski definition) is 5. The number of benzene rings is 2. The number of anilines is 1. The van der Waals surface area contributed by atoms with Crippen LogP contribution in [0.5, 0.6) is 5.75 Å². The van der Waals surface area contributed by atoms with Gasteiger partial charge in [-0.2, -0.15) is 13.2 Å². The second-order valence-electron chi connectivity index (χ2n) is 10.3. The molecular formula is C30H33F5N4O2. The zero-order valence-corrected chi connectivity index (χ0v) is 23.2. The van der Waals surface area contributed by atoms with Gasteiger partial charge in [-0.05, 0) is 75.8 Å². The molecule has 0 bridgehead atoms. The SMILES string of the molecule is CCOc1ccccc1-c1ncc(C2(C(=O)NCCN(C)C)CCN(c3ccc(C(F)(F)F)cc3F)CC2)cc1F. The molecule has 41 heavy (non-hydrogen) atoms. The molecule has 0 spiro atoms. The fourth-order valence-electron chi connectivity index (χ4n) is 5.12. The van der Waals surface area contributed by atoms with E-state index in [9.17, 15) is 22.4 Å². The molecule has 6 nitrogen and oxygen atoms in total. The molecule has 1 saturated heterocycles. The van der Waals surface area contributed by atoms with Gasteiger partial charge >= 0.3 is 6.18 Å². The summed E-state index contributed by atoms with van der Waals surface area (Å²) in [5, 5.41) is 2.94. The lowest BCUT2D eigenvalue weighted by Crippen LogP contribution is -2.52. The number of pyridine rings is 1. The zero-order valence-electron chi connectivity index (χ0n) is 23.2. The number of halogens is 5. The average molecular weight is 577 g/mol. The Bertz CT molecular complexity index is 1370. The standard InChI is InChI=1S/C30H33F5N4O2/c1-4-41-26-8-6-5-7-22(26)27-24(32)18-21(19-37-27)29(28(40)36-13-16-38(2)3)11-14-39(15-12-29)25-10-9-20(17-23(25)31)30(33,34)35/h5-10,17-19H,4,11-16H2,1-3H3,(H,36,40). The first-order valence-corrected chi connectivity index (χ1v) is 13.4. The summed E-state index contributed by atoms with van der Waals surface area (Å²) in [6.45, 7) is 3.50. The van der Waals surface area contributed by atoms with E-state index in [1.54, 1.807) is 29.2 Å². The van der Waals surface area contributed by atoms with Crippen LogP contribution < -0.4 is 15.0 Å². The Morgan fingerprint density at radius 3 is 2.39 bits per heavy atom. The lowest BCUT2D eigenvalue weighted by atomic mass is 9.72. The topological polar surface area (TPSA) is 57.7 Å². The van der Waals surface area contributed by atoms with Crippen LogP contribution in [-0.4, -0.2) is 62.7 Å².